The number of ether oxygens (including phenoxy) is 3. The third-order valence-electron chi connectivity index (χ3n) is 1.78. The second-order valence-corrected chi connectivity index (χ2v) is 2.60. The molecule has 0 unspecified atom stereocenters. The number of hydrogen-bond donors (Lipinski definition) is 1. The number of aliphatic hydroxyl groups excluding tert-OH is 1. The number of methoxy groups -OCH3 is 2. The molecule has 66 valence electrons. The summed E-state index contributed by atoms with van der Waals surface area (Å²) in [5, 5.41) is 9.34. The zero-order chi connectivity index (χ0) is 8.27. The molecule has 1 fully saturated rings. The molecular formula is C7H14O4. The first-order valence-electron chi connectivity index (χ1n) is 3.63. The molecule has 3 atom stereocenters. The van der Waals surface area contributed by atoms with Crippen molar-refractivity contribution in [3.05, 3.63) is 0 Å². The van der Waals surface area contributed by atoms with Crippen molar-refractivity contribution >= 4 is 0 Å². The summed E-state index contributed by atoms with van der Waals surface area (Å²) < 4.78 is 15.0. The monoisotopic (exact) mass is 162 g/mol. The van der Waals surface area contributed by atoms with Gasteiger partial charge >= 0.3 is 0 Å². The van der Waals surface area contributed by atoms with Gasteiger partial charge in [-0.2, -0.15) is 0 Å². The van der Waals surface area contributed by atoms with Gasteiger partial charge in [0.1, 0.15) is 6.10 Å². The molecule has 1 saturated heterocycles. The molecule has 0 aromatic heterocycles. The molecule has 0 spiro atoms. The number of aliphatic hydroxyl groups is 1. The Kier molecular flexibility index (Phi) is 3.26. The average Bonchev–Trinajstić information content (AvgIpc) is 2.33. The highest BCUT2D eigenvalue weighted by atomic mass is 16.7. The van der Waals surface area contributed by atoms with Crippen molar-refractivity contribution in [3.8, 4) is 0 Å². The summed E-state index contributed by atoms with van der Waals surface area (Å²) in [6, 6.07) is 0. The smallest absolute Gasteiger partial charge is 0.160 e. The highest BCUT2D eigenvalue weighted by Gasteiger charge is 2.33. The maximum absolute atomic E-state index is 9.34. The van der Waals surface area contributed by atoms with Crippen LogP contribution in [0.3, 0.4) is 0 Å². The molecule has 0 aliphatic carbocycles. The standard InChI is InChI=1S/C7H14O4/c1-9-4-6-5(8)3-7(10-2)11-6/h5-8H,3-4H2,1-2H3/t5-,6+,7+/m0/s1. The molecular weight excluding hydrogens is 148 g/mol. The summed E-state index contributed by atoms with van der Waals surface area (Å²) >= 11 is 0. The van der Waals surface area contributed by atoms with Gasteiger partial charge in [-0.3, -0.25) is 0 Å². The molecule has 1 rings (SSSR count). The van der Waals surface area contributed by atoms with Gasteiger partial charge in [-0.15, -0.1) is 0 Å². The predicted molar refractivity (Wildman–Crippen MR) is 38.2 cm³/mol. The van der Waals surface area contributed by atoms with Gasteiger partial charge in [0.05, 0.1) is 12.7 Å². The molecule has 0 saturated carbocycles. The van der Waals surface area contributed by atoms with Gasteiger partial charge in [-0.05, 0) is 0 Å². The SMILES string of the molecule is COC[C@H]1O[C@@H](OC)C[C@@H]1O. The average molecular weight is 162 g/mol. The van der Waals surface area contributed by atoms with E-state index in [0.29, 0.717) is 13.0 Å². The Balaban J connectivity index is 2.32. The van der Waals surface area contributed by atoms with Gasteiger partial charge in [0, 0.05) is 20.6 Å². The first kappa shape index (κ1) is 8.93. The quantitative estimate of drug-likeness (QED) is 0.622. The van der Waals surface area contributed by atoms with Crippen LogP contribution in [0.15, 0.2) is 0 Å². The van der Waals surface area contributed by atoms with E-state index in [-0.39, 0.29) is 12.4 Å². The lowest BCUT2D eigenvalue weighted by Crippen LogP contribution is -2.25. The van der Waals surface area contributed by atoms with Crippen LogP contribution in [0.2, 0.25) is 0 Å². The Morgan fingerprint density at radius 3 is 2.73 bits per heavy atom. The van der Waals surface area contributed by atoms with Gasteiger partial charge in [0.2, 0.25) is 0 Å². The van der Waals surface area contributed by atoms with Crippen molar-refractivity contribution in [2.24, 2.45) is 0 Å². The fraction of sp³-hybridized carbons (Fsp3) is 1.00. The molecule has 1 aliphatic rings. The maximum Gasteiger partial charge on any atom is 0.160 e. The second kappa shape index (κ2) is 4.01. The fourth-order valence-electron chi connectivity index (χ4n) is 1.16. The lowest BCUT2D eigenvalue weighted by molar-refractivity contribution is -0.130. The van der Waals surface area contributed by atoms with Crippen LogP contribution in [0.1, 0.15) is 6.42 Å². The largest absolute Gasteiger partial charge is 0.390 e. The topological polar surface area (TPSA) is 47.9 Å². The van der Waals surface area contributed by atoms with Crippen LogP contribution in [-0.4, -0.2) is 44.4 Å². The normalized spacial score (nSPS) is 37.9. The lowest BCUT2D eigenvalue weighted by atomic mass is 10.2. The maximum atomic E-state index is 9.34. The van der Waals surface area contributed by atoms with Crippen LogP contribution in [0, 0.1) is 0 Å². The molecule has 11 heavy (non-hydrogen) atoms. The summed E-state index contributed by atoms with van der Waals surface area (Å²) in [5.41, 5.74) is 0. The van der Waals surface area contributed by atoms with Crippen molar-refractivity contribution < 1.29 is 19.3 Å². The molecule has 0 bridgehead atoms. The van der Waals surface area contributed by atoms with Crippen LogP contribution < -0.4 is 0 Å². The van der Waals surface area contributed by atoms with Crippen LogP contribution in [-0.2, 0) is 14.2 Å². The van der Waals surface area contributed by atoms with E-state index in [4.69, 9.17) is 14.2 Å². The zero-order valence-electron chi connectivity index (χ0n) is 6.82. The van der Waals surface area contributed by atoms with Gasteiger partial charge in [0.15, 0.2) is 6.29 Å². The molecule has 4 nitrogen and oxygen atoms in total. The number of rotatable bonds is 3. The van der Waals surface area contributed by atoms with Gasteiger partial charge < -0.3 is 19.3 Å². The van der Waals surface area contributed by atoms with E-state index < -0.39 is 6.10 Å². The molecule has 4 heteroatoms. The Hall–Kier alpha value is -0.160. The first-order chi connectivity index (χ1) is 5.27. The van der Waals surface area contributed by atoms with Crippen molar-refractivity contribution in [1.29, 1.82) is 0 Å². The van der Waals surface area contributed by atoms with Crippen molar-refractivity contribution in [2.45, 2.75) is 24.9 Å². The molecule has 1 N–H and O–H groups in total. The van der Waals surface area contributed by atoms with Gasteiger partial charge in [0.25, 0.3) is 0 Å². The summed E-state index contributed by atoms with van der Waals surface area (Å²) in [4.78, 5) is 0. The van der Waals surface area contributed by atoms with Gasteiger partial charge in [-0.1, -0.05) is 0 Å². The third kappa shape index (κ3) is 2.13. The highest BCUT2D eigenvalue weighted by molar-refractivity contribution is 4.77. The molecule has 1 heterocycles. The van der Waals surface area contributed by atoms with E-state index in [2.05, 4.69) is 0 Å². The van der Waals surface area contributed by atoms with E-state index in [9.17, 15) is 5.11 Å². The van der Waals surface area contributed by atoms with Crippen LogP contribution in [0.5, 0.6) is 0 Å². The van der Waals surface area contributed by atoms with E-state index in [1.165, 1.54) is 0 Å². The minimum atomic E-state index is -0.458. The Morgan fingerprint density at radius 2 is 2.27 bits per heavy atom. The van der Waals surface area contributed by atoms with E-state index in [1.54, 1.807) is 14.2 Å². The summed E-state index contributed by atoms with van der Waals surface area (Å²) in [5.74, 6) is 0. The summed E-state index contributed by atoms with van der Waals surface area (Å²) in [6.07, 6.45) is -0.431. The fourth-order valence-corrected chi connectivity index (χ4v) is 1.16. The predicted octanol–water partition coefficient (Wildman–Crippen LogP) is -0.245. The second-order valence-electron chi connectivity index (χ2n) is 2.60. The van der Waals surface area contributed by atoms with E-state index in [0.717, 1.165) is 0 Å². The third-order valence-corrected chi connectivity index (χ3v) is 1.78. The number of hydrogen-bond acceptors (Lipinski definition) is 4. The molecule has 1 aliphatic heterocycles. The van der Waals surface area contributed by atoms with Crippen molar-refractivity contribution in [3.63, 3.8) is 0 Å². The van der Waals surface area contributed by atoms with E-state index in [1.807, 2.05) is 0 Å². The van der Waals surface area contributed by atoms with Crippen LogP contribution in [0.4, 0.5) is 0 Å². The Morgan fingerprint density at radius 1 is 1.55 bits per heavy atom. The summed E-state index contributed by atoms with van der Waals surface area (Å²) in [7, 11) is 3.14. The molecule has 0 amide bonds. The minimum Gasteiger partial charge on any atom is -0.390 e. The minimum absolute atomic E-state index is 0.232. The summed E-state index contributed by atoms with van der Waals surface area (Å²) in [6.45, 7) is 0.418. The van der Waals surface area contributed by atoms with Crippen LogP contribution in [0.25, 0.3) is 0 Å². The van der Waals surface area contributed by atoms with Crippen molar-refractivity contribution in [2.75, 3.05) is 20.8 Å². The Labute approximate surface area is 66.1 Å². The molecule has 0 aromatic rings. The molecule has 0 aromatic carbocycles. The van der Waals surface area contributed by atoms with E-state index >= 15 is 0 Å². The lowest BCUT2D eigenvalue weighted by Gasteiger charge is -2.12. The highest BCUT2D eigenvalue weighted by Crippen LogP contribution is 2.20. The molecule has 0 radical (unpaired) electrons. The zero-order valence-corrected chi connectivity index (χ0v) is 6.82. The first-order valence-corrected chi connectivity index (χ1v) is 3.63. The van der Waals surface area contributed by atoms with Gasteiger partial charge in [-0.25, -0.2) is 0 Å². The Bertz CT molecular complexity index is 117. The van der Waals surface area contributed by atoms with Crippen LogP contribution >= 0.6 is 0 Å². The van der Waals surface area contributed by atoms with Crippen molar-refractivity contribution in [1.82, 2.24) is 0 Å².